The lowest BCUT2D eigenvalue weighted by Gasteiger charge is -2.36. The molecule has 7 heteroatoms. The molecule has 110 valence electrons. The average Bonchev–Trinajstić information content (AvgIpc) is 2.56. The van der Waals surface area contributed by atoms with Crippen LogP contribution in [0.5, 0.6) is 0 Å². The smallest absolute Gasteiger partial charge is 0.187 e. The van der Waals surface area contributed by atoms with Crippen LogP contribution < -0.4 is 9.80 Å². The number of nitrogens with zero attached hydrogens (tertiary/aromatic N) is 6. The van der Waals surface area contributed by atoms with Crippen molar-refractivity contribution in [2.45, 2.75) is 13.3 Å². The second-order valence-electron chi connectivity index (χ2n) is 4.89. The maximum atomic E-state index is 14.3. The van der Waals surface area contributed by atoms with Gasteiger partial charge in [0.2, 0.25) is 0 Å². The van der Waals surface area contributed by atoms with Gasteiger partial charge >= 0.3 is 0 Å². The summed E-state index contributed by atoms with van der Waals surface area (Å²) < 4.78 is 14.3. The fourth-order valence-corrected chi connectivity index (χ4v) is 2.51. The third kappa shape index (κ3) is 2.76. The molecule has 0 radical (unpaired) electrons. The van der Waals surface area contributed by atoms with Crippen LogP contribution >= 0.6 is 0 Å². The third-order valence-electron chi connectivity index (χ3n) is 3.69. The first-order chi connectivity index (χ1) is 10.3. The van der Waals surface area contributed by atoms with Crippen LogP contribution in [-0.4, -0.2) is 46.3 Å². The standard InChI is InChI=1S/C14H17FN6/c1-2-12-13(15)14(17-10-16-12)21-7-5-20(6-8-21)11-3-4-18-19-9-11/h3-4,9-10H,2,5-8H2,1H3. The number of hydrogen-bond donors (Lipinski definition) is 0. The van der Waals surface area contributed by atoms with Crippen molar-refractivity contribution in [1.82, 2.24) is 20.2 Å². The fraction of sp³-hybridized carbons (Fsp3) is 0.429. The van der Waals surface area contributed by atoms with Gasteiger partial charge in [-0.05, 0) is 12.5 Å². The molecule has 0 unspecified atom stereocenters. The summed E-state index contributed by atoms with van der Waals surface area (Å²) in [5, 5.41) is 7.67. The van der Waals surface area contributed by atoms with Gasteiger partial charge in [0.25, 0.3) is 0 Å². The SMILES string of the molecule is CCc1ncnc(N2CCN(c3ccnnc3)CC2)c1F. The molecule has 21 heavy (non-hydrogen) atoms. The fourth-order valence-electron chi connectivity index (χ4n) is 2.51. The Balaban J connectivity index is 1.72. The van der Waals surface area contributed by atoms with Crippen molar-refractivity contribution in [3.63, 3.8) is 0 Å². The van der Waals surface area contributed by atoms with Crippen LogP contribution in [0.1, 0.15) is 12.6 Å². The molecule has 0 atom stereocenters. The molecule has 1 aliphatic rings. The van der Waals surface area contributed by atoms with Crippen LogP contribution in [0, 0.1) is 5.82 Å². The lowest BCUT2D eigenvalue weighted by atomic mass is 10.2. The van der Waals surface area contributed by atoms with E-state index in [4.69, 9.17) is 0 Å². The summed E-state index contributed by atoms with van der Waals surface area (Å²) in [6, 6.07) is 1.93. The molecule has 1 saturated heterocycles. The van der Waals surface area contributed by atoms with Crippen LogP contribution in [0.3, 0.4) is 0 Å². The highest BCUT2D eigenvalue weighted by Gasteiger charge is 2.22. The monoisotopic (exact) mass is 288 g/mol. The molecule has 0 aromatic carbocycles. The Labute approximate surface area is 122 Å². The van der Waals surface area contributed by atoms with Gasteiger partial charge in [-0.15, -0.1) is 0 Å². The van der Waals surface area contributed by atoms with Crippen molar-refractivity contribution in [3.05, 3.63) is 36.3 Å². The lowest BCUT2D eigenvalue weighted by molar-refractivity contribution is 0.568. The summed E-state index contributed by atoms with van der Waals surface area (Å²) in [4.78, 5) is 12.3. The first kappa shape index (κ1) is 13.7. The number of rotatable bonds is 3. The van der Waals surface area contributed by atoms with Gasteiger partial charge in [-0.25, -0.2) is 14.4 Å². The second kappa shape index (κ2) is 5.99. The minimum absolute atomic E-state index is 0.293. The molecule has 3 rings (SSSR count). The molecule has 1 fully saturated rings. The Morgan fingerprint density at radius 1 is 1.10 bits per heavy atom. The third-order valence-corrected chi connectivity index (χ3v) is 3.69. The van der Waals surface area contributed by atoms with E-state index in [2.05, 4.69) is 25.1 Å². The van der Waals surface area contributed by atoms with Gasteiger partial charge in [0.1, 0.15) is 6.33 Å². The highest BCUT2D eigenvalue weighted by atomic mass is 19.1. The second-order valence-corrected chi connectivity index (χ2v) is 4.89. The Bertz CT molecular complexity index is 598. The van der Waals surface area contributed by atoms with Gasteiger partial charge in [0.15, 0.2) is 11.6 Å². The molecular formula is C14H17FN6. The Kier molecular flexibility index (Phi) is 3.89. The predicted molar refractivity (Wildman–Crippen MR) is 77.8 cm³/mol. The van der Waals surface area contributed by atoms with Gasteiger partial charge in [-0.3, -0.25) is 0 Å². The summed E-state index contributed by atoms with van der Waals surface area (Å²) in [5.74, 6) is 0.119. The van der Waals surface area contributed by atoms with Gasteiger partial charge in [-0.1, -0.05) is 6.92 Å². The zero-order valence-electron chi connectivity index (χ0n) is 11.9. The number of halogens is 1. The van der Waals surface area contributed by atoms with Gasteiger partial charge in [0, 0.05) is 26.2 Å². The van der Waals surface area contributed by atoms with Crippen molar-refractivity contribution < 1.29 is 4.39 Å². The number of anilines is 2. The molecule has 6 nitrogen and oxygen atoms in total. The molecule has 0 bridgehead atoms. The highest BCUT2D eigenvalue weighted by Crippen LogP contribution is 2.21. The summed E-state index contributed by atoms with van der Waals surface area (Å²) in [7, 11) is 0. The molecule has 3 heterocycles. The summed E-state index contributed by atoms with van der Waals surface area (Å²) in [6.45, 7) is 4.94. The number of aryl methyl sites for hydroxylation is 1. The lowest BCUT2D eigenvalue weighted by Crippen LogP contribution is -2.47. The van der Waals surface area contributed by atoms with E-state index in [1.54, 1.807) is 12.4 Å². The first-order valence-corrected chi connectivity index (χ1v) is 7.05. The summed E-state index contributed by atoms with van der Waals surface area (Å²) in [5.41, 5.74) is 1.52. The van der Waals surface area contributed by atoms with Crippen LogP contribution in [0.2, 0.25) is 0 Å². The molecule has 0 N–H and O–H groups in total. The van der Waals surface area contributed by atoms with E-state index in [1.807, 2.05) is 17.9 Å². The molecule has 0 spiro atoms. The van der Waals surface area contributed by atoms with E-state index in [0.717, 1.165) is 31.9 Å². The number of hydrogen-bond acceptors (Lipinski definition) is 6. The number of aromatic nitrogens is 4. The van der Waals surface area contributed by atoms with Crippen molar-refractivity contribution >= 4 is 11.5 Å². The van der Waals surface area contributed by atoms with Crippen LogP contribution in [0.4, 0.5) is 15.9 Å². The first-order valence-electron chi connectivity index (χ1n) is 7.05. The van der Waals surface area contributed by atoms with E-state index >= 15 is 0 Å². The van der Waals surface area contributed by atoms with E-state index in [9.17, 15) is 4.39 Å². The van der Waals surface area contributed by atoms with Crippen LogP contribution in [0.25, 0.3) is 0 Å². The van der Waals surface area contributed by atoms with Gasteiger partial charge in [-0.2, -0.15) is 10.2 Å². The van der Waals surface area contributed by atoms with Crippen LogP contribution in [-0.2, 0) is 6.42 Å². The van der Waals surface area contributed by atoms with Crippen molar-refractivity contribution in [2.75, 3.05) is 36.0 Å². The maximum absolute atomic E-state index is 14.3. The molecule has 1 aliphatic heterocycles. The maximum Gasteiger partial charge on any atom is 0.187 e. The van der Waals surface area contributed by atoms with E-state index in [-0.39, 0.29) is 5.82 Å². The predicted octanol–water partition coefficient (Wildman–Crippen LogP) is 1.29. The Morgan fingerprint density at radius 3 is 2.52 bits per heavy atom. The van der Waals surface area contributed by atoms with E-state index < -0.39 is 0 Å². The minimum Gasteiger partial charge on any atom is -0.367 e. The molecule has 0 amide bonds. The molecule has 0 aliphatic carbocycles. The van der Waals surface area contributed by atoms with Crippen molar-refractivity contribution in [2.24, 2.45) is 0 Å². The Morgan fingerprint density at radius 2 is 1.86 bits per heavy atom. The zero-order chi connectivity index (χ0) is 14.7. The minimum atomic E-state index is -0.293. The normalized spacial score (nSPS) is 15.3. The summed E-state index contributed by atoms with van der Waals surface area (Å²) in [6.07, 6.45) is 5.44. The van der Waals surface area contributed by atoms with Crippen LogP contribution in [0.15, 0.2) is 24.8 Å². The topological polar surface area (TPSA) is 58.0 Å². The Hall–Kier alpha value is -2.31. The van der Waals surface area contributed by atoms with Gasteiger partial charge in [0.05, 0.1) is 23.8 Å². The average molecular weight is 288 g/mol. The molecule has 2 aromatic rings. The summed E-state index contributed by atoms with van der Waals surface area (Å²) >= 11 is 0. The quantitative estimate of drug-likeness (QED) is 0.848. The van der Waals surface area contributed by atoms with Crippen molar-refractivity contribution in [1.29, 1.82) is 0 Å². The van der Waals surface area contributed by atoms with E-state index in [1.165, 1.54) is 6.33 Å². The largest absolute Gasteiger partial charge is 0.367 e. The molecule has 2 aromatic heterocycles. The van der Waals surface area contributed by atoms with E-state index in [0.29, 0.717) is 17.9 Å². The molecular weight excluding hydrogens is 271 g/mol. The van der Waals surface area contributed by atoms with Gasteiger partial charge < -0.3 is 9.80 Å². The highest BCUT2D eigenvalue weighted by molar-refractivity contribution is 5.47. The zero-order valence-corrected chi connectivity index (χ0v) is 11.9. The number of piperazine rings is 1. The molecule has 0 saturated carbocycles. The van der Waals surface area contributed by atoms with Crippen molar-refractivity contribution in [3.8, 4) is 0 Å².